The summed E-state index contributed by atoms with van der Waals surface area (Å²) in [5.74, 6) is 1.01. The Hall–Kier alpha value is -0.940. The monoisotopic (exact) mass is 238 g/mol. The van der Waals surface area contributed by atoms with Gasteiger partial charge in [0, 0.05) is 19.7 Å². The van der Waals surface area contributed by atoms with Crippen LogP contribution in [-0.4, -0.2) is 33.0 Å². The molecule has 17 heavy (non-hydrogen) atoms. The molecule has 1 aliphatic rings. The van der Waals surface area contributed by atoms with E-state index in [9.17, 15) is 0 Å². The zero-order valence-corrected chi connectivity index (χ0v) is 10.5. The Kier molecular flexibility index (Phi) is 4.12. The Morgan fingerprint density at radius 2 is 2.35 bits per heavy atom. The minimum atomic E-state index is 0.299. The molecule has 0 atom stereocenters. The lowest BCUT2D eigenvalue weighted by atomic mass is 10.0. The van der Waals surface area contributed by atoms with Crippen molar-refractivity contribution in [2.24, 2.45) is 5.41 Å². The lowest BCUT2D eigenvalue weighted by Gasteiger charge is -2.14. The highest BCUT2D eigenvalue weighted by Crippen LogP contribution is 2.47. The molecular weight excluding hydrogens is 216 g/mol. The van der Waals surface area contributed by atoms with Crippen molar-refractivity contribution in [2.45, 2.75) is 45.7 Å². The first-order chi connectivity index (χ1) is 8.29. The number of nitrogens with one attached hydrogen (secondary N) is 1. The van der Waals surface area contributed by atoms with Crippen LogP contribution in [0.2, 0.25) is 0 Å². The van der Waals surface area contributed by atoms with E-state index in [-0.39, 0.29) is 0 Å². The number of aliphatic hydroxyl groups is 1. The fourth-order valence-corrected chi connectivity index (χ4v) is 2.19. The number of rotatable bonds is 8. The molecule has 0 amide bonds. The molecule has 1 saturated carbocycles. The van der Waals surface area contributed by atoms with E-state index in [1.54, 1.807) is 6.33 Å². The highest BCUT2D eigenvalue weighted by Gasteiger charge is 2.41. The van der Waals surface area contributed by atoms with Crippen molar-refractivity contribution in [1.29, 1.82) is 0 Å². The zero-order chi connectivity index (χ0) is 12.1. The zero-order valence-electron chi connectivity index (χ0n) is 10.5. The van der Waals surface area contributed by atoms with Crippen LogP contribution in [0.15, 0.2) is 6.33 Å². The summed E-state index contributed by atoms with van der Waals surface area (Å²) in [6.07, 6.45) is 6.09. The second-order valence-corrected chi connectivity index (χ2v) is 4.98. The number of aryl methyl sites for hydroxylation is 1. The molecule has 0 saturated heterocycles. The molecule has 0 bridgehead atoms. The van der Waals surface area contributed by atoms with E-state index in [1.165, 1.54) is 12.8 Å². The van der Waals surface area contributed by atoms with E-state index in [1.807, 2.05) is 4.68 Å². The minimum Gasteiger partial charge on any atom is -0.396 e. The SMILES string of the molecule is CCCn1ncnc1CNCC1(CCO)CC1. The smallest absolute Gasteiger partial charge is 0.140 e. The fourth-order valence-electron chi connectivity index (χ4n) is 2.19. The lowest BCUT2D eigenvalue weighted by Crippen LogP contribution is -2.26. The van der Waals surface area contributed by atoms with Gasteiger partial charge in [-0.15, -0.1) is 0 Å². The van der Waals surface area contributed by atoms with Crippen molar-refractivity contribution in [3.05, 3.63) is 12.2 Å². The van der Waals surface area contributed by atoms with Crippen LogP contribution in [0.3, 0.4) is 0 Å². The maximum atomic E-state index is 8.99. The van der Waals surface area contributed by atoms with Gasteiger partial charge in [0.1, 0.15) is 12.2 Å². The summed E-state index contributed by atoms with van der Waals surface area (Å²) in [6, 6.07) is 0. The average molecular weight is 238 g/mol. The van der Waals surface area contributed by atoms with Crippen LogP contribution in [0, 0.1) is 5.41 Å². The van der Waals surface area contributed by atoms with Gasteiger partial charge >= 0.3 is 0 Å². The van der Waals surface area contributed by atoms with Crippen LogP contribution in [0.1, 0.15) is 38.4 Å². The van der Waals surface area contributed by atoms with Gasteiger partial charge in [-0.3, -0.25) is 0 Å². The summed E-state index contributed by atoms with van der Waals surface area (Å²) in [5.41, 5.74) is 0.365. The number of aromatic nitrogens is 3. The summed E-state index contributed by atoms with van der Waals surface area (Å²) in [4.78, 5) is 4.26. The molecule has 0 spiro atoms. The van der Waals surface area contributed by atoms with Crippen molar-refractivity contribution in [3.63, 3.8) is 0 Å². The van der Waals surface area contributed by atoms with Crippen LogP contribution in [0.5, 0.6) is 0 Å². The first kappa shape index (κ1) is 12.5. The minimum absolute atomic E-state index is 0.299. The molecule has 1 aromatic rings. The topological polar surface area (TPSA) is 63.0 Å². The number of aliphatic hydroxyl groups excluding tert-OH is 1. The molecule has 0 aliphatic heterocycles. The first-order valence-corrected chi connectivity index (χ1v) is 6.48. The Bertz CT molecular complexity index is 346. The summed E-state index contributed by atoms with van der Waals surface area (Å²) in [6.45, 7) is 5.12. The summed E-state index contributed by atoms with van der Waals surface area (Å²) in [5, 5.41) is 16.6. The van der Waals surface area contributed by atoms with Crippen LogP contribution in [0.25, 0.3) is 0 Å². The van der Waals surface area contributed by atoms with E-state index >= 15 is 0 Å². The Morgan fingerprint density at radius 1 is 1.53 bits per heavy atom. The van der Waals surface area contributed by atoms with Gasteiger partial charge in [-0.05, 0) is 31.1 Å². The van der Waals surface area contributed by atoms with Gasteiger partial charge in [-0.1, -0.05) is 6.92 Å². The van der Waals surface area contributed by atoms with Crippen molar-refractivity contribution in [2.75, 3.05) is 13.2 Å². The third-order valence-electron chi connectivity index (χ3n) is 3.51. The predicted molar refractivity (Wildman–Crippen MR) is 65.4 cm³/mol. The Labute approximate surface area is 102 Å². The Balaban J connectivity index is 1.76. The molecule has 2 rings (SSSR count). The molecule has 0 radical (unpaired) electrons. The summed E-state index contributed by atoms with van der Waals surface area (Å²) in [7, 11) is 0. The molecule has 2 N–H and O–H groups in total. The van der Waals surface area contributed by atoms with Crippen LogP contribution in [-0.2, 0) is 13.1 Å². The van der Waals surface area contributed by atoms with Crippen molar-refractivity contribution in [1.82, 2.24) is 20.1 Å². The van der Waals surface area contributed by atoms with Gasteiger partial charge in [-0.25, -0.2) is 9.67 Å². The normalized spacial score (nSPS) is 17.3. The molecule has 0 unspecified atom stereocenters. The fraction of sp³-hybridized carbons (Fsp3) is 0.833. The van der Waals surface area contributed by atoms with E-state index < -0.39 is 0 Å². The molecule has 1 fully saturated rings. The number of hydrogen-bond acceptors (Lipinski definition) is 4. The third kappa shape index (κ3) is 3.26. The molecule has 1 aliphatic carbocycles. The van der Waals surface area contributed by atoms with Gasteiger partial charge in [-0.2, -0.15) is 5.10 Å². The highest BCUT2D eigenvalue weighted by molar-refractivity contribution is 4.95. The molecule has 1 heterocycles. The van der Waals surface area contributed by atoms with E-state index in [0.29, 0.717) is 12.0 Å². The predicted octanol–water partition coefficient (Wildman–Crippen LogP) is 0.940. The summed E-state index contributed by atoms with van der Waals surface area (Å²) < 4.78 is 1.96. The molecule has 0 aromatic carbocycles. The maximum absolute atomic E-state index is 8.99. The third-order valence-corrected chi connectivity index (χ3v) is 3.51. The summed E-state index contributed by atoms with van der Waals surface area (Å²) >= 11 is 0. The largest absolute Gasteiger partial charge is 0.396 e. The molecular formula is C12H22N4O. The van der Waals surface area contributed by atoms with Crippen molar-refractivity contribution >= 4 is 0 Å². The standard InChI is InChI=1S/C12H22N4O/c1-2-6-16-11(14-10-15-16)8-13-9-12(3-4-12)5-7-17/h10,13,17H,2-9H2,1H3. The van der Waals surface area contributed by atoms with Gasteiger partial charge in [0.2, 0.25) is 0 Å². The second kappa shape index (κ2) is 5.60. The first-order valence-electron chi connectivity index (χ1n) is 6.48. The van der Waals surface area contributed by atoms with Gasteiger partial charge in [0.05, 0.1) is 6.54 Å². The van der Waals surface area contributed by atoms with Gasteiger partial charge < -0.3 is 10.4 Å². The van der Waals surface area contributed by atoms with E-state index in [4.69, 9.17) is 5.11 Å². The van der Waals surface area contributed by atoms with Gasteiger partial charge in [0.25, 0.3) is 0 Å². The van der Waals surface area contributed by atoms with Gasteiger partial charge in [0.15, 0.2) is 0 Å². The quantitative estimate of drug-likeness (QED) is 0.707. The Morgan fingerprint density at radius 3 is 3.00 bits per heavy atom. The molecule has 1 aromatic heterocycles. The maximum Gasteiger partial charge on any atom is 0.140 e. The van der Waals surface area contributed by atoms with E-state index in [0.717, 1.165) is 38.3 Å². The molecule has 96 valence electrons. The van der Waals surface area contributed by atoms with Crippen molar-refractivity contribution in [3.8, 4) is 0 Å². The molecule has 5 heteroatoms. The van der Waals surface area contributed by atoms with Crippen molar-refractivity contribution < 1.29 is 5.11 Å². The lowest BCUT2D eigenvalue weighted by molar-refractivity contribution is 0.245. The highest BCUT2D eigenvalue weighted by atomic mass is 16.3. The number of hydrogen-bond donors (Lipinski definition) is 2. The van der Waals surface area contributed by atoms with Crippen LogP contribution in [0.4, 0.5) is 0 Å². The van der Waals surface area contributed by atoms with Crippen LogP contribution < -0.4 is 5.32 Å². The average Bonchev–Trinajstić information content (AvgIpc) is 2.93. The van der Waals surface area contributed by atoms with Crippen LogP contribution >= 0.6 is 0 Å². The second-order valence-electron chi connectivity index (χ2n) is 4.98. The van der Waals surface area contributed by atoms with E-state index in [2.05, 4.69) is 22.3 Å². The number of nitrogens with zero attached hydrogens (tertiary/aromatic N) is 3. The molecule has 5 nitrogen and oxygen atoms in total.